The zero-order valence-electron chi connectivity index (χ0n) is 12.2. The van der Waals surface area contributed by atoms with Gasteiger partial charge < -0.3 is 10.4 Å². The van der Waals surface area contributed by atoms with Crippen LogP contribution in [-0.2, 0) is 13.2 Å². The first kappa shape index (κ1) is 14.3. The van der Waals surface area contributed by atoms with Crippen molar-refractivity contribution in [3.63, 3.8) is 0 Å². The van der Waals surface area contributed by atoms with Crippen LogP contribution in [-0.4, -0.2) is 10.1 Å². The van der Waals surface area contributed by atoms with E-state index < -0.39 is 0 Å². The molecule has 1 heterocycles. The number of aromatic nitrogens is 1. The van der Waals surface area contributed by atoms with Gasteiger partial charge in [-0.05, 0) is 34.9 Å². The molecule has 3 rings (SSSR count). The highest BCUT2D eigenvalue weighted by molar-refractivity contribution is 5.63. The maximum atomic E-state index is 9.36. The fraction of sp³-hybridized carbons (Fsp3) is 0.105. The first-order valence-corrected chi connectivity index (χ1v) is 7.29. The van der Waals surface area contributed by atoms with E-state index in [9.17, 15) is 5.11 Å². The predicted molar refractivity (Wildman–Crippen MR) is 89.4 cm³/mol. The second-order valence-corrected chi connectivity index (χ2v) is 5.11. The third kappa shape index (κ3) is 3.32. The minimum absolute atomic E-state index is 0.0406. The fourth-order valence-corrected chi connectivity index (χ4v) is 2.42. The predicted octanol–water partition coefficient (Wildman–Crippen LogP) is 3.85. The van der Waals surface area contributed by atoms with Crippen LogP contribution in [0.5, 0.6) is 0 Å². The van der Waals surface area contributed by atoms with E-state index >= 15 is 0 Å². The molecule has 0 fully saturated rings. The maximum absolute atomic E-state index is 9.36. The molecule has 0 saturated carbocycles. The number of pyridine rings is 1. The van der Waals surface area contributed by atoms with E-state index in [0.717, 1.165) is 22.4 Å². The summed E-state index contributed by atoms with van der Waals surface area (Å²) in [5.74, 6) is 0. The summed E-state index contributed by atoms with van der Waals surface area (Å²) in [6.07, 6.45) is 3.65. The molecule has 0 saturated heterocycles. The minimum atomic E-state index is 0.0406. The second kappa shape index (κ2) is 6.87. The molecule has 0 aliphatic rings. The molecule has 3 aromatic rings. The van der Waals surface area contributed by atoms with Crippen molar-refractivity contribution in [2.45, 2.75) is 13.2 Å². The lowest BCUT2D eigenvalue weighted by Crippen LogP contribution is -2.02. The van der Waals surface area contributed by atoms with Gasteiger partial charge in [-0.1, -0.05) is 42.5 Å². The molecule has 0 amide bonds. The Bertz CT molecular complexity index is 741. The molecule has 22 heavy (non-hydrogen) atoms. The summed E-state index contributed by atoms with van der Waals surface area (Å²) in [5.41, 5.74) is 5.33. The zero-order chi connectivity index (χ0) is 15.2. The minimum Gasteiger partial charge on any atom is -0.392 e. The van der Waals surface area contributed by atoms with E-state index in [1.54, 1.807) is 6.20 Å². The van der Waals surface area contributed by atoms with Crippen LogP contribution >= 0.6 is 0 Å². The molecule has 0 spiro atoms. The number of aliphatic hydroxyl groups is 1. The smallest absolute Gasteiger partial charge is 0.0701 e. The first-order chi connectivity index (χ1) is 10.9. The lowest BCUT2D eigenvalue weighted by atomic mass is 10.0. The normalized spacial score (nSPS) is 10.4. The Hall–Kier alpha value is -2.65. The van der Waals surface area contributed by atoms with Crippen LogP contribution in [0.2, 0.25) is 0 Å². The highest BCUT2D eigenvalue weighted by atomic mass is 16.3. The van der Waals surface area contributed by atoms with Gasteiger partial charge in [-0.3, -0.25) is 4.98 Å². The van der Waals surface area contributed by atoms with E-state index in [0.29, 0.717) is 6.54 Å². The number of nitrogens with one attached hydrogen (secondary N) is 1. The highest BCUT2D eigenvalue weighted by Gasteiger charge is 2.02. The van der Waals surface area contributed by atoms with Crippen molar-refractivity contribution in [1.29, 1.82) is 0 Å². The van der Waals surface area contributed by atoms with E-state index in [1.165, 1.54) is 5.56 Å². The topological polar surface area (TPSA) is 45.1 Å². The molecule has 0 atom stereocenters. The summed E-state index contributed by atoms with van der Waals surface area (Å²) in [7, 11) is 0. The van der Waals surface area contributed by atoms with Crippen LogP contribution in [0.4, 0.5) is 5.69 Å². The molecule has 2 N–H and O–H groups in total. The Morgan fingerprint density at radius 2 is 1.77 bits per heavy atom. The molecule has 2 aromatic carbocycles. The van der Waals surface area contributed by atoms with Crippen molar-refractivity contribution in [3.8, 4) is 11.1 Å². The highest BCUT2D eigenvalue weighted by Crippen LogP contribution is 2.21. The average Bonchev–Trinajstić information content (AvgIpc) is 2.61. The van der Waals surface area contributed by atoms with Crippen LogP contribution < -0.4 is 5.32 Å². The van der Waals surface area contributed by atoms with E-state index in [-0.39, 0.29) is 6.61 Å². The van der Waals surface area contributed by atoms with Crippen LogP contribution in [0, 0.1) is 0 Å². The number of hydrogen-bond donors (Lipinski definition) is 2. The van der Waals surface area contributed by atoms with E-state index in [2.05, 4.69) is 40.6 Å². The number of rotatable bonds is 5. The molecule has 110 valence electrons. The van der Waals surface area contributed by atoms with Crippen LogP contribution in [0.15, 0.2) is 73.1 Å². The second-order valence-electron chi connectivity index (χ2n) is 5.11. The lowest BCUT2D eigenvalue weighted by Gasteiger charge is -2.11. The average molecular weight is 290 g/mol. The Morgan fingerprint density at radius 3 is 2.59 bits per heavy atom. The standard InChI is InChI=1S/C19H18N2O/c22-14-18-6-1-2-9-19(18)21-12-15-5-3-7-16(11-15)17-8-4-10-20-13-17/h1-11,13,21-22H,12,14H2. The van der Waals surface area contributed by atoms with Gasteiger partial charge in [0.25, 0.3) is 0 Å². The van der Waals surface area contributed by atoms with Gasteiger partial charge in [0.2, 0.25) is 0 Å². The summed E-state index contributed by atoms with van der Waals surface area (Å²) in [6, 6.07) is 20.2. The summed E-state index contributed by atoms with van der Waals surface area (Å²) in [6.45, 7) is 0.754. The SMILES string of the molecule is OCc1ccccc1NCc1cccc(-c2cccnc2)c1. The van der Waals surface area contributed by atoms with E-state index in [1.807, 2.05) is 36.5 Å². The van der Waals surface area contributed by atoms with Gasteiger partial charge >= 0.3 is 0 Å². The molecule has 0 bridgehead atoms. The number of para-hydroxylation sites is 1. The molecule has 0 aliphatic heterocycles. The van der Waals surface area contributed by atoms with Crippen molar-refractivity contribution >= 4 is 5.69 Å². The Balaban J connectivity index is 1.76. The zero-order valence-corrected chi connectivity index (χ0v) is 12.2. The van der Waals surface area contributed by atoms with Gasteiger partial charge in [-0.15, -0.1) is 0 Å². The van der Waals surface area contributed by atoms with Gasteiger partial charge in [0.05, 0.1) is 6.61 Å². The quantitative estimate of drug-likeness (QED) is 0.750. The summed E-state index contributed by atoms with van der Waals surface area (Å²) < 4.78 is 0. The number of anilines is 1. The Morgan fingerprint density at radius 1 is 0.909 bits per heavy atom. The number of nitrogens with zero attached hydrogens (tertiary/aromatic N) is 1. The molecular weight excluding hydrogens is 272 g/mol. The number of benzene rings is 2. The molecule has 3 heteroatoms. The first-order valence-electron chi connectivity index (χ1n) is 7.29. The summed E-state index contributed by atoms with van der Waals surface area (Å²) >= 11 is 0. The fourth-order valence-electron chi connectivity index (χ4n) is 2.42. The third-order valence-electron chi connectivity index (χ3n) is 3.59. The largest absolute Gasteiger partial charge is 0.392 e. The monoisotopic (exact) mass is 290 g/mol. The van der Waals surface area contributed by atoms with Gasteiger partial charge in [-0.25, -0.2) is 0 Å². The Labute approximate surface area is 130 Å². The molecule has 3 nitrogen and oxygen atoms in total. The molecular formula is C19H18N2O. The number of hydrogen-bond acceptors (Lipinski definition) is 3. The maximum Gasteiger partial charge on any atom is 0.0701 e. The van der Waals surface area contributed by atoms with Crippen molar-refractivity contribution in [2.75, 3.05) is 5.32 Å². The van der Waals surface area contributed by atoms with Crippen molar-refractivity contribution in [1.82, 2.24) is 4.98 Å². The van der Waals surface area contributed by atoms with Gasteiger partial charge in [0.15, 0.2) is 0 Å². The summed E-state index contributed by atoms with van der Waals surface area (Å²) in [4.78, 5) is 4.16. The lowest BCUT2D eigenvalue weighted by molar-refractivity contribution is 0.282. The van der Waals surface area contributed by atoms with Crippen LogP contribution in [0.25, 0.3) is 11.1 Å². The van der Waals surface area contributed by atoms with Gasteiger partial charge in [-0.2, -0.15) is 0 Å². The van der Waals surface area contributed by atoms with Crippen LogP contribution in [0.3, 0.4) is 0 Å². The van der Waals surface area contributed by atoms with Crippen molar-refractivity contribution in [2.24, 2.45) is 0 Å². The third-order valence-corrected chi connectivity index (χ3v) is 3.59. The van der Waals surface area contributed by atoms with Crippen molar-refractivity contribution < 1.29 is 5.11 Å². The van der Waals surface area contributed by atoms with Crippen molar-refractivity contribution in [3.05, 3.63) is 84.2 Å². The molecule has 0 aliphatic carbocycles. The molecule has 0 unspecified atom stereocenters. The molecule has 0 radical (unpaired) electrons. The van der Waals surface area contributed by atoms with Gasteiger partial charge in [0.1, 0.15) is 0 Å². The summed E-state index contributed by atoms with van der Waals surface area (Å²) in [5, 5.41) is 12.7. The van der Waals surface area contributed by atoms with Crippen LogP contribution in [0.1, 0.15) is 11.1 Å². The van der Waals surface area contributed by atoms with E-state index in [4.69, 9.17) is 0 Å². The van der Waals surface area contributed by atoms with Gasteiger partial charge in [0, 0.05) is 30.2 Å². The molecule has 1 aromatic heterocycles. The number of aliphatic hydroxyl groups excluding tert-OH is 1. The Kier molecular flexibility index (Phi) is 4.47.